The van der Waals surface area contributed by atoms with Crippen LogP contribution in [0.2, 0.25) is 0 Å². The van der Waals surface area contributed by atoms with Gasteiger partial charge in [0.1, 0.15) is 5.82 Å². The number of aromatic nitrogens is 3. The molecule has 154 valence electrons. The number of hydrogen-bond acceptors (Lipinski definition) is 7. The fourth-order valence-corrected chi connectivity index (χ4v) is 2.99. The van der Waals surface area contributed by atoms with Crippen LogP contribution in [0.5, 0.6) is 0 Å². The molecule has 0 unspecified atom stereocenters. The molecule has 4 rings (SSSR count). The molecule has 0 atom stereocenters. The first-order chi connectivity index (χ1) is 14.6. The van der Waals surface area contributed by atoms with Crippen LogP contribution in [0.4, 0.5) is 4.39 Å². The minimum absolute atomic E-state index is 0.0830. The number of carbonyl (C=O) groups is 1. The highest BCUT2D eigenvalue weighted by Crippen LogP contribution is 2.17. The topological polar surface area (TPSA) is 100 Å². The van der Waals surface area contributed by atoms with Crippen molar-refractivity contribution in [1.82, 2.24) is 14.7 Å². The van der Waals surface area contributed by atoms with E-state index in [1.807, 2.05) is 6.07 Å². The van der Waals surface area contributed by atoms with Crippen LogP contribution in [-0.4, -0.2) is 27.3 Å². The van der Waals surface area contributed by atoms with E-state index in [1.165, 1.54) is 16.7 Å². The van der Waals surface area contributed by atoms with Crippen LogP contribution >= 0.6 is 0 Å². The van der Waals surface area contributed by atoms with Gasteiger partial charge in [0.25, 0.3) is 0 Å². The molecule has 0 saturated heterocycles. The Labute approximate surface area is 169 Å². The second kappa shape index (κ2) is 8.73. The van der Waals surface area contributed by atoms with E-state index in [9.17, 15) is 14.0 Å². The molecule has 0 saturated carbocycles. The minimum Gasteiger partial charge on any atom is -0.466 e. The highest BCUT2D eigenvalue weighted by molar-refractivity contribution is 5.72. The summed E-state index contributed by atoms with van der Waals surface area (Å²) < 4.78 is 30.0. The summed E-state index contributed by atoms with van der Waals surface area (Å²) in [7, 11) is 0. The van der Waals surface area contributed by atoms with E-state index in [-0.39, 0.29) is 25.3 Å². The van der Waals surface area contributed by atoms with E-state index in [4.69, 9.17) is 13.7 Å². The predicted octanol–water partition coefficient (Wildman–Crippen LogP) is 3.35. The summed E-state index contributed by atoms with van der Waals surface area (Å²) in [5.41, 5.74) is 1.86. The van der Waals surface area contributed by atoms with E-state index < -0.39 is 11.7 Å². The van der Waals surface area contributed by atoms with Gasteiger partial charge in [0.2, 0.25) is 11.7 Å². The van der Waals surface area contributed by atoms with Gasteiger partial charge in [-0.1, -0.05) is 17.3 Å². The summed E-state index contributed by atoms with van der Waals surface area (Å²) in [6.07, 6.45) is 0.795. The third-order valence-corrected chi connectivity index (χ3v) is 4.48. The normalized spacial score (nSPS) is 11.1. The average Bonchev–Trinajstić information content (AvgIpc) is 3.34. The molecule has 0 radical (unpaired) electrons. The monoisotopic (exact) mass is 411 g/mol. The molecule has 30 heavy (non-hydrogen) atoms. The number of fused-ring (bicyclic) bond motifs is 1. The summed E-state index contributed by atoms with van der Waals surface area (Å²) in [4.78, 5) is 28.0. The lowest BCUT2D eigenvalue weighted by atomic mass is 10.2. The van der Waals surface area contributed by atoms with Gasteiger partial charge in [-0.15, -0.1) is 0 Å². The van der Waals surface area contributed by atoms with Crippen molar-refractivity contribution in [3.05, 3.63) is 70.8 Å². The van der Waals surface area contributed by atoms with Crippen molar-refractivity contribution in [3.8, 4) is 11.4 Å². The number of benzene rings is 2. The number of ether oxygens (including phenoxy) is 1. The van der Waals surface area contributed by atoms with Crippen molar-refractivity contribution in [2.24, 2.45) is 0 Å². The molecule has 2 aromatic heterocycles. The fourth-order valence-electron chi connectivity index (χ4n) is 2.99. The summed E-state index contributed by atoms with van der Waals surface area (Å²) in [5.74, 6) is -0.563. The highest BCUT2D eigenvalue weighted by atomic mass is 19.1. The number of oxazole rings is 1. The second-order valence-corrected chi connectivity index (χ2v) is 6.58. The number of esters is 1. The zero-order chi connectivity index (χ0) is 20.9. The predicted molar refractivity (Wildman–Crippen MR) is 104 cm³/mol. The van der Waals surface area contributed by atoms with Gasteiger partial charge in [-0.2, -0.15) is 4.98 Å². The first kappa shape index (κ1) is 19.6. The molecule has 0 aliphatic heterocycles. The number of carbonyl (C=O) groups excluding carboxylic acids is 1. The largest absolute Gasteiger partial charge is 0.466 e. The lowest BCUT2D eigenvalue weighted by molar-refractivity contribution is -0.143. The SMILES string of the molecule is O=C(CCc1nc(-c2ccc(F)cc2)no1)OCCCn1c(=O)oc2ccccc21. The fraction of sp³-hybridized carbons (Fsp3) is 0.238. The van der Waals surface area contributed by atoms with Gasteiger partial charge in [-0.05, 0) is 42.8 Å². The molecule has 0 fully saturated rings. The molecule has 0 bridgehead atoms. The van der Waals surface area contributed by atoms with E-state index in [0.29, 0.717) is 41.3 Å². The van der Waals surface area contributed by atoms with E-state index >= 15 is 0 Å². The quantitative estimate of drug-likeness (QED) is 0.324. The maximum absolute atomic E-state index is 13.0. The molecule has 0 spiro atoms. The van der Waals surface area contributed by atoms with E-state index in [1.54, 1.807) is 30.3 Å². The number of para-hydroxylation sites is 2. The molecule has 2 aromatic carbocycles. The zero-order valence-corrected chi connectivity index (χ0v) is 15.9. The smallest absolute Gasteiger partial charge is 0.419 e. The van der Waals surface area contributed by atoms with Gasteiger partial charge in [0.05, 0.1) is 18.5 Å². The highest BCUT2D eigenvalue weighted by Gasteiger charge is 2.12. The van der Waals surface area contributed by atoms with Crippen molar-refractivity contribution in [1.29, 1.82) is 0 Å². The van der Waals surface area contributed by atoms with Crippen LogP contribution in [-0.2, 0) is 22.5 Å². The Hall–Kier alpha value is -3.75. The Morgan fingerprint density at radius 2 is 1.93 bits per heavy atom. The van der Waals surface area contributed by atoms with Crippen LogP contribution in [0.25, 0.3) is 22.5 Å². The van der Waals surface area contributed by atoms with Crippen LogP contribution in [0.1, 0.15) is 18.7 Å². The summed E-state index contributed by atoms with van der Waals surface area (Å²) >= 11 is 0. The lowest BCUT2D eigenvalue weighted by Crippen LogP contribution is -2.16. The lowest BCUT2D eigenvalue weighted by Gasteiger charge is -2.04. The molecular weight excluding hydrogens is 393 g/mol. The van der Waals surface area contributed by atoms with Crippen molar-refractivity contribution in [2.75, 3.05) is 6.61 Å². The number of rotatable bonds is 8. The van der Waals surface area contributed by atoms with Gasteiger partial charge < -0.3 is 13.7 Å². The number of aryl methyl sites for hydroxylation is 2. The molecule has 0 amide bonds. The molecule has 2 heterocycles. The number of hydrogen-bond donors (Lipinski definition) is 0. The second-order valence-electron chi connectivity index (χ2n) is 6.58. The van der Waals surface area contributed by atoms with Crippen LogP contribution in [0, 0.1) is 5.82 Å². The first-order valence-corrected chi connectivity index (χ1v) is 9.43. The Bertz CT molecular complexity index is 1210. The van der Waals surface area contributed by atoms with Gasteiger partial charge in [0.15, 0.2) is 5.58 Å². The van der Waals surface area contributed by atoms with Gasteiger partial charge in [-0.25, -0.2) is 9.18 Å². The Morgan fingerprint density at radius 3 is 2.77 bits per heavy atom. The van der Waals surface area contributed by atoms with E-state index in [0.717, 1.165) is 0 Å². The molecule has 9 heteroatoms. The molecular formula is C21H18FN3O5. The Kier molecular flexibility index (Phi) is 5.69. The third-order valence-electron chi connectivity index (χ3n) is 4.48. The van der Waals surface area contributed by atoms with E-state index in [2.05, 4.69) is 10.1 Å². The average molecular weight is 411 g/mol. The molecule has 4 aromatic rings. The Balaban J connectivity index is 1.22. The van der Waals surface area contributed by atoms with Crippen molar-refractivity contribution < 1.29 is 22.9 Å². The van der Waals surface area contributed by atoms with Crippen molar-refractivity contribution in [3.63, 3.8) is 0 Å². The minimum atomic E-state index is -0.434. The first-order valence-electron chi connectivity index (χ1n) is 9.43. The maximum atomic E-state index is 13.0. The summed E-state index contributed by atoms with van der Waals surface area (Å²) in [6, 6.07) is 12.9. The third kappa shape index (κ3) is 4.45. The number of halogens is 1. The summed E-state index contributed by atoms with van der Waals surface area (Å²) in [6.45, 7) is 0.559. The molecule has 0 aliphatic rings. The van der Waals surface area contributed by atoms with Crippen LogP contribution in [0.15, 0.2) is 62.3 Å². The van der Waals surface area contributed by atoms with Crippen molar-refractivity contribution >= 4 is 17.1 Å². The maximum Gasteiger partial charge on any atom is 0.419 e. The Morgan fingerprint density at radius 1 is 1.13 bits per heavy atom. The van der Waals surface area contributed by atoms with Crippen LogP contribution in [0.3, 0.4) is 0 Å². The van der Waals surface area contributed by atoms with Crippen LogP contribution < -0.4 is 5.76 Å². The van der Waals surface area contributed by atoms with Crippen molar-refractivity contribution in [2.45, 2.75) is 25.8 Å². The summed E-state index contributed by atoms with van der Waals surface area (Å²) in [5, 5.41) is 3.83. The molecule has 8 nitrogen and oxygen atoms in total. The van der Waals surface area contributed by atoms with Gasteiger partial charge in [-0.3, -0.25) is 9.36 Å². The zero-order valence-electron chi connectivity index (χ0n) is 15.9. The molecule has 0 aliphatic carbocycles. The standard InChI is InChI=1S/C21H18FN3O5/c22-15-8-6-14(7-9-15)20-23-18(30-24-20)10-11-19(26)28-13-3-12-25-16-4-1-2-5-17(16)29-21(25)27/h1-2,4-9H,3,10-13H2. The van der Waals surface area contributed by atoms with Gasteiger partial charge in [0, 0.05) is 18.5 Å². The molecule has 0 N–H and O–H groups in total. The number of nitrogens with zero attached hydrogens (tertiary/aromatic N) is 3. The van der Waals surface area contributed by atoms with Gasteiger partial charge >= 0.3 is 11.7 Å².